The number of ether oxygens (including phenoxy) is 1. The van der Waals surface area contributed by atoms with E-state index >= 15 is 0 Å². The van der Waals surface area contributed by atoms with Crippen molar-refractivity contribution in [1.82, 2.24) is 0 Å². The van der Waals surface area contributed by atoms with Crippen molar-refractivity contribution in [3.05, 3.63) is 90.5 Å². The first-order valence-corrected chi connectivity index (χ1v) is 7.24. The number of nitrogens with one attached hydrogen (secondary N) is 2. The molecule has 0 fully saturated rings. The maximum absolute atomic E-state index is 5.76. The smallest absolute Gasteiger partial charge is 0.119 e. The van der Waals surface area contributed by atoms with Gasteiger partial charge in [-0.2, -0.15) is 0 Å². The average molecular weight is 290 g/mol. The molecule has 0 spiro atoms. The van der Waals surface area contributed by atoms with Gasteiger partial charge in [0.1, 0.15) is 12.4 Å². The third kappa shape index (κ3) is 4.03. The third-order valence-corrected chi connectivity index (χ3v) is 3.23. The molecule has 2 N–H and O–H groups in total. The lowest BCUT2D eigenvalue weighted by Gasteiger charge is -2.11. The summed E-state index contributed by atoms with van der Waals surface area (Å²) in [4.78, 5) is 0. The van der Waals surface area contributed by atoms with E-state index in [2.05, 4.69) is 23.0 Å². The standard InChI is InChI=1S/C19H18N2O/c1-3-7-16(8-4-1)15-22-19-13-11-18(12-14-19)21-20-17-9-5-2-6-10-17/h1-14,20-21H,15H2. The van der Waals surface area contributed by atoms with Crippen LogP contribution in [0.1, 0.15) is 5.56 Å². The molecule has 3 rings (SSSR count). The average Bonchev–Trinajstić information content (AvgIpc) is 2.61. The molecule has 0 aliphatic rings. The van der Waals surface area contributed by atoms with Gasteiger partial charge in [-0.1, -0.05) is 48.5 Å². The molecule has 3 nitrogen and oxygen atoms in total. The molecule has 0 unspecified atom stereocenters. The Morgan fingerprint density at radius 3 is 1.77 bits per heavy atom. The molecule has 0 heterocycles. The Bertz CT molecular complexity index is 619. The zero-order valence-corrected chi connectivity index (χ0v) is 12.2. The summed E-state index contributed by atoms with van der Waals surface area (Å²) in [6.07, 6.45) is 0. The monoisotopic (exact) mass is 290 g/mol. The second kappa shape index (κ2) is 7.18. The van der Waals surface area contributed by atoms with Crippen LogP contribution in [0.5, 0.6) is 5.75 Å². The third-order valence-electron chi connectivity index (χ3n) is 3.23. The maximum atomic E-state index is 5.76. The molecule has 3 aromatic rings. The first kappa shape index (κ1) is 14.0. The number of rotatable bonds is 6. The highest BCUT2D eigenvalue weighted by Gasteiger charge is 1.97. The fourth-order valence-corrected chi connectivity index (χ4v) is 2.04. The summed E-state index contributed by atoms with van der Waals surface area (Å²) in [6.45, 7) is 0.579. The molecule has 3 aromatic carbocycles. The van der Waals surface area contributed by atoms with Crippen molar-refractivity contribution in [3.63, 3.8) is 0 Å². The molecule has 0 aliphatic carbocycles. The Labute approximate surface area is 130 Å². The fourth-order valence-electron chi connectivity index (χ4n) is 2.04. The predicted molar refractivity (Wildman–Crippen MR) is 90.9 cm³/mol. The van der Waals surface area contributed by atoms with Crippen molar-refractivity contribution in [2.75, 3.05) is 10.9 Å². The highest BCUT2D eigenvalue weighted by Crippen LogP contribution is 2.17. The lowest BCUT2D eigenvalue weighted by atomic mass is 10.2. The summed E-state index contributed by atoms with van der Waals surface area (Å²) in [5.74, 6) is 0.856. The molecular weight excluding hydrogens is 272 g/mol. The number of hydrogen-bond acceptors (Lipinski definition) is 3. The highest BCUT2D eigenvalue weighted by molar-refractivity contribution is 5.53. The minimum absolute atomic E-state index is 0.579. The molecule has 0 aliphatic heterocycles. The van der Waals surface area contributed by atoms with Gasteiger partial charge in [-0.05, 0) is 42.0 Å². The molecule has 110 valence electrons. The van der Waals surface area contributed by atoms with Gasteiger partial charge in [0, 0.05) is 0 Å². The Balaban J connectivity index is 1.52. The van der Waals surface area contributed by atoms with Gasteiger partial charge in [0.2, 0.25) is 0 Å². The van der Waals surface area contributed by atoms with Crippen LogP contribution < -0.4 is 15.6 Å². The Hall–Kier alpha value is -2.94. The zero-order valence-electron chi connectivity index (χ0n) is 12.2. The molecular formula is C19H18N2O. The van der Waals surface area contributed by atoms with Gasteiger partial charge >= 0.3 is 0 Å². The summed E-state index contributed by atoms with van der Waals surface area (Å²) < 4.78 is 5.76. The van der Waals surface area contributed by atoms with Crippen molar-refractivity contribution >= 4 is 11.4 Å². The summed E-state index contributed by atoms with van der Waals surface area (Å²) in [5.41, 5.74) is 9.47. The van der Waals surface area contributed by atoms with Crippen LogP contribution in [-0.2, 0) is 6.61 Å². The fraction of sp³-hybridized carbons (Fsp3) is 0.0526. The minimum atomic E-state index is 0.579. The van der Waals surface area contributed by atoms with E-state index in [-0.39, 0.29) is 0 Å². The van der Waals surface area contributed by atoms with Crippen molar-refractivity contribution in [1.29, 1.82) is 0 Å². The number of hydrogen-bond donors (Lipinski definition) is 2. The first-order chi connectivity index (χ1) is 10.9. The predicted octanol–water partition coefficient (Wildman–Crippen LogP) is 4.70. The van der Waals surface area contributed by atoms with E-state index in [4.69, 9.17) is 4.74 Å². The van der Waals surface area contributed by atoms with Gasteiger partial charge in [0.15, 0.2) is 0 Å². The Kier molecular flexibility index (Phi) is 4.57. The summed E-state index contributed by atoms with van der Waals surface area (Å²) in [5, 5.41) is 0. The molecule has 0 aromatic heterocycles. The topological polar surface area (TPSA) is 33.3 Å². The number of benzene rings is 3. The normalized spacial score (nSPS) is 10.0. The van der Waals surface area contributed by atoms with Crippen LogP contribution in [0, 0.1) is 0 Å². The quantitative estimate of drug-likeness (QED) is 0.645. The van der Waals surface area contributed by atoms with Gasteiger partial charge in [0.25, 0.3) is 0 Å². The van der Waals surface area contributed by atoms with Crippen LogP contribution in [0.4, 0.5) is 11.4 Å². The van der Waals surface area contributed by atoms with E-state index in [1.165, 1.54) is 0 Å². The van der Waals surface area contributed by atoms with Gasteiger partial charge in [-0.3, -0.25) is 0 Å². The number of anilines is 2. The lowest BCUT2D eigenvalue weighted by molar-refractivity contribution is 0.306. The van der Waals surface area contributed by atoms with E-state index in [0.717, 1.165) is 22.7 Å². The van der Waals surface area contributed by atoms with E-state index in [9.17, 15) is 0 Å². The van der Waals surface area contributed by atoms with Crippen LogP contribution >= 0.6 is 0 Å². The van der Waals surface area contributed by atoms with Gasteiger partial charge in [0.05, 0.1) is 11.4 Å². The maximum Gasteiger partial charge on any atom is 0.119 e. The minimum Gasteiger partial charge on any atom is -0.489 e. The van der Waals surface area contributed by atoms with Gasteiger partial charge in [-0.15, -0.1) is 0 Å². The van der Waals surface area contributed by atoms with Crippen molar-refractivity contribution in [2.24, 2.45) is 0 Å². The molecule has 0 bridgehead atoms. The molecule has 0 amide bonds. The van der Waals surface area contributed by atoms with E-state index in [1.54, 1.807) is 0 Å². The van der Waals surface area contributed by atoms with Crippen LogP contribution in [0.25, 0.3) is 0 Å². The van der Waals surface area contributed by atoms with Crippen molar-refractivity contribution < 1.29 is 4.74 Å². The SMILES string of the molecule is c1ccc(COc2ccc(NNc3ccccc3)cc2)cc1. The number of para-hydroxylation sites is 1. The molecule has 3 heteroatoms. The van der Waals surface area contributed by atoms with Crippen LogP contribution in [-0.4, -0.2) is 0 Å². The van der Waals surface area contributed by atoms with Crippen LogP contribution in [0.2, 0.25) is 0 Å². The zero-order chi connectivity index (χ0) is 15.0. The summed E-state index contributed by atoms with van der Waals surface area (Å²) in [6, 6.07) is 28.0. The second-order valence-electron chi connectivity index (χ2n) is 4.91. The summed E-state index contributed by atoms with van der Waals surface area (Å²) in [7, 11) is 0. The molecule has 0 saturated carbocycles. The van der Waals surface area contributed by atoms with E-state index in [0.29, 0.717) is 6.61 Å². The van der Waals surface area contributed by atoms with Crippen molar-refractivity contribution in [3.8, 4) is 5.75 Å². The molecule has 0 radical (unpaired) electrons. The largest absolute Gasteiger partial charge is 0.489 e. The van der Waals surface area contributed by atoms with Crippen LogP contribution in [0.15, 0.2) is 84.9 Å². The van der Waals surface area contributed by atoms with Gasteiger partial charge < -0.3 is 15.6 Å². The van der Waals surface area contributed by atoms with Gasteiger partial charge in [-0.25, -0.2) is 0 Å². The Morgan fingerprint density at radius 1 is 0.591 bits per heavy atom. The number of hydrazine groups is 1. The molecule has 0 saturated heterocycles. The second-order valence-corrected chi connectivity index (χ2v) is 4.91. The highest BCUT2D eigenvalue weighted by atomic mass is 16.5. The first-order valence-electron chi connectivity index (χ1n) is 7.24. The van der Waals surface area contributed by atoms with Crippen molar-refractivity contribution in [2.45, 2.75) is 6.61 Å². The Morgan fingerprint density at radius 2 is 1.14 bits per heavy atom. The van der Waals surface area contributed by atoms with E-state index in [1.807, 2.05) is 72.8 Å². The molecule has 22 heavy (non-hydrogen) atoms. The lowest BCUT2D eigenvalue weighted by Crippen LogP contribution is -2.08. The van der Waals surface area contributed by atoms with E-state index < -0.39 is 0 Å². The summed E-state index contributed by atoms with van der Waals surface area (Å²) >= 11 is 0. The molecule has 0 atom stereocenters. The van der Waals surface area contributed by atoms with Crippen LogP contribution in [0.3, 0.4) is 0 Å².